The van der Waals surface area contributed by atoms with Gasteiger partial charge in [0.15, 0.2) is 18.9 Å². The summed E-state index contributed by atoms with van der Waals surface area (Å²) in [5.41, 5.74) is 3.29. The number of nitrogens with zero attached hydrogens (tertiary/aromatic N) is 1. The van der Waals surface area contributed by atoms with E-state index in [-0.39, 0.29) is 10.8 Å². The van der Waals surface area contributed by atoms with Crippen molar-refractivity contribution in [2.24, 2.45) is 11.8 Å². The van der Waals surface area contributed by atoms with E-state index in [1.807, 2.05) is 6.07 Å². The monoisotopic (exact) mass is 382 g/mol. The lowest BCUT2D eigenvalue weighted by Crippen LogP contribution is -2.33. The van der Waals surface area contributed by atoms with Crippen LogP contribution in [0.5, 0.6) is 5.75 Å². The van der Waals surface area contributed by atoms with E-state index in [0.29, 0.717) is 17.6 Å². The fourth-order valence-electron chi connectivity index (χ4n) is 4.83. The lowest BCUT2D eigenvalue weighted by Gasteiger charge is -2.34. The maximum absolute atomic E-state index is 11.4. The average Bonchev–Trinajstić information content (AvgIpc) is 2.54. The van der Waals surface area contributed by atoms with Crippen LogP contribution in [0.3, 0.4) is 0 Å². The number of benzene rings is 1. The zero-order valence-electron chi connectivity index (χ0n) is 19.2. The highest BCUT2D eigenvalue weighted by Crippen LogP contribution is 2.44. The van der Waals surface area contributed by atoms with Crippen molar-refractivity contribution in [2.45, 2.75) is 85.6 Å². The fraction of sp³-hybridized carbons (Fsp3) is 0.577. The highest BCUT2D eigenvalue weighted by atomic mass is 16.3. The van der Waals surface area contributed by atoms with E-state index in [0.717, 1.165) is 30.5 Å². The van der Waals surface area contributed by atoms with E-state index >= 15 is 0 Å². The molecule has 0 bridgehead atoms. The zero-order valence-corrected chi connectivity index (χ0v) is 19.2. The van der Waals surface area contributed by atoms with Crippen molar-refractivity contribution >= 4 is 0 Å². The van der Waals surface area contributed by atoms with E-state index < -0.39 is 0 Å². The predicted molar refractivity (Wildman–Crippen MR) is 119 cm³/mol. The minimum Gasteiger partial charge on any atom is -0.507 e. The van der Waals surface area contributed by atoms with Crippen LogP contribution in [-0.2, 0) is 17.4 Å². The summed E-state index contributed by atoms with van der Waals surface area (Å²) in [6, 6.07) is 10.6. The summed E-state index contributed by atoms with van der Waals surface area (Å²) in [5.74, 6) is 1.65. The number of phenols is 1. The normalized spacial score (nSPS) is 12.8. The minimum atomic E-state index is -0.0712. The SMILES string of the molecule is CC(C)CC(C)(C)c1cc(C[n+]2ccccc2)cc(C(C)(C)CC(C)C)c1O. The molecule has 0 aliphatic heterocycles. The van der Waals surface area contributed by atoms with Gasteiger partial charge in [0.05, 0.1) is 0 Å². The van der Waals surface area contributed by atoms with E-state index in [1.54, 1.807) is 0 Å². The summed E-state index contributed by atoms with van der Waals surface area (Å²) in [4.78, 5) is 0. The number of phenolic OH excluding ortho intramolecular Hbond substituents is 1. The lowest BCUT2D eigenvalue weighted by atomic mass is 9.71. The molecule has 0 fully saturated rings. The van der Waals surface area contributed by atoms with Crippen molar-refractivity contribution in [1.29, 1.82) is 0 Å². The topological polar surface area (TPSA) is 24.1 Å². The van der Waals surface area contributed by atoms with Gasteiger partial charge < -0.3 is 5.11 Å². The van der Waals surface area contributed by atoms with Gasteiger partial charge in [-0.1, -0.05) is 61.5 Å². The molecule has 1 heterocycles. The molecule has 0 aliphatic carbocycles. The summed E-state index contributed by atoms with van der Waals surface area (Å²) in [5, 5.41) is 11.4. The molecule has 0 amide bonds. The Morgan fingerprint density at radius 1 is 0.786 bits per heavy atom. The summed E-state index contributed by atoms with van der Waals surface area (Å²) < 4.78 is 2.20. The zero-order chi connectivity index (χ0) is 21.1. The predicted octanol–water partition coefficient (Wildman–Crippen LogP) is 6.38. The first-order valence-corrected chi connectivity index (χ1v) is 10.7. The lowest BCUT2D eigenvalue weighted by molar-refractivity contribution is -0.688. The van der Waals surface area contributed by atoms with Gasteiger partial charge in [0.1, 0.15) is 5.75 Å². The largest absolute Gasteiger partial charge is 0.507 e. The van der Waals surface area contributed by atoms with Crippen molar-refractivity contribution in [2.75, 3.05) is 0 Å². The molecular formula is C26H40NO+. The maximum Gasteiger partial charge on any atom is 0.173 e. The van der Waals surface area contributed by atoms with Crippen LogP contribution < -0.4 is 4.57 Å². The number of hydrogen-bond donors (Lipinski definition) is 1. The van der Waals surface area contributed by atoms with E-state index in [1.165, 1.54) is 5.56 Å². The van der Waals surface area contributed by atoms with Crippen molar-refractivity contribution in [3.63, 3.8) is 0 Å². The second-order valence-corrected chi connectivity index (χ2v) is 10.6. The third kappa shape index (κ3) is 5.59. The Kier molecular flexibility index (Phi) is 6.96. The van der Waals surface area contributed by atoms with Crippen LogP contribution in [0.1, 0.15) is 84.9 Å². The first-order valence-electron chi connectivity index (χ1n) is 10.7. The van der Waals surface area contributed by atoms with Gasteiger partial charge in [0, 0.05) is 28.8 Å². The van der Waals surface area contributed by atoms with Gasteiger partial charge in [-0.25, -0.2) is 4.57 Å². The maximum atomic E-state index is 11.4. The molecule has 0 radical (unpaired) electrons. The number of pyridine rings is 1. The van der Waals surface area contributed by atoms with Crippen LogP contribution in [-0.4, -0.2) is 5.11 Å². The second kappa shape index (κ2) is 8.68. The van der Waals surface area contributed by atoms with Crippen LogP contribution in [0, 0.1) is 11.8 Å². The molecule has 28 heavy (non-hydrogen) atoms. The average molecular weight is 383 g/mol. The summed E-state index contributed by atoms with van der Waals surface area (Å²) in [6.45, 7) is 18.9. The Hall–Kier alpha value is -1.83. The number of aromatic nitrogens is 1. The number of aromatic hydroxyl groups is 1. The Balaban J connectivity index is 2.60. The van der Waals surface area contributed by atoms with Crippen molar-refractivity contribution in [3.8, 4) is 5.75 Å². The van der Waals surface area contributed by atoms with E-state index in [4.69, 9.17) is 0 Å². The highest BCUT2D eigenvalue weighted by Gasteiger charge is 2.32. The number of hydrogen-bond acceptors (Lipinski definition) is 1. The molecule has 0 atom stereocenters. The van der Waals surface area contributed by atoms with Crippen LogP contribution in [0.2, 0.25) is 0 Å². The molecule has 0 aliphatic rings. The molecule has 2 heteroatoms. The fourth-order valence-corrected chi connectivity index (χ4v) is 4.83. The van der Waals surface area contributed by atoms with Crippen molar-refractivity contribution < 1.29 is 9.67 Å². The quantitative estimate of drug-likeness (QED) is 0.527. The molecule has 0 spiro atoms. The first-order chi connectivity index (χ1) is 12.9. The molecule has 0 unspecified atom stereocenters. The summed E-state index contributed by atoms with van der Waals surface area (Å²) in [6.07, 6.45) is 6.30. The van der Waals surface area contributed by atoms with E-state index in [9.17, 15) is 5.11 Å². The van der Waals surface area contributed by atoms with Crippen LogP contribution in [0.15, 0.2) is 42.7 Å². The summed E-state index contributed by atoms with van der Waals surface area (Å²) >= 11 is 0. The molecule has 1 N–H and O–H groups in total. The molecule has 1 aromatic heterocycles. The van der Waals surface area contributed by atoms with Crippen LogP contribution >= 0.6 is 0 Å². The Morgan fingerprint density at radius 3 is 1.61 bits per heavy atom. The Labute approximate surface area is 172 Å². The summed E-state index contributed by atoms with van der Waals surface area (Å²) in [7, 11) is 0. The minimum absolute atomic E-state index is 0.0712. The van der Waals surface area contributed by atoms with Crippen LogP contribution in [0.4, 0.5) is 0 Å². The molecule has 2 aromatic rings. The van der Waals surface area contributed by atoms with Crippen molar-refractivity contribution in [1.82, 2.24) is 0 Å². The van der Waals surface area contributed by atoms with Gasteiger partial charge in [-0.05, 0) is 47.6 Å². The second-order valence-electron chi connectivity index (χ2n) is 10.6. The van der Waals surface area contributed by atoms with E-state index in [2.05, 4.69) is 96.6 Å². The first kappa shape index (κ1) is 22.5. The van der Waals surface area contributed by atoms with Gasteiger partial charge in [-0.2, -0.15) is 0 Å². The molecule has 154 valence electrons. The standard InChI is InChI=1S/C26H39NO/c1-19(2)16-25(5,6)22-14-21(18-27-12-10-9-11-13-27)15-23(24(22)28)26(7,8)17-20(3)4/h9-15,19-20H,16-18H2,1-8H3/p+1. The Bertz CT molecular complexity index is 729. The third-order valence-corrected chi connectivity index (χ3v) is 5.61. The van der Waals surface area contributed by atoms with Gasteiger partial charge in [0.25, 0.3) is 0 Å². The molecule has 2 rings (SSSR count). The highest BCUT2D eigenvalue weighted by molar-refractivity contribution is 5.50. The molecular weight excluding hydrogens is 342 g/mol. The van der Waals surface area contributed by atoms with Crippen LogP contribution in [0.25, 0.3) is 0 Å². The molecule has 0 saturated carbocycles. The van der Waals surface area contributed by atoms with Gasteiger partial charge >= 0.3 is 0 Å². The number of rotatable bonds is 8. The molecule has 0 saturated heterocycles. The third-order valence-electron chi connectivity index (χ3n) is 5.61. The van der Waals surface area contributed by atoms with Gasteiger partial charge in [0.2, 0.25) is 0 Å². The molecule has 2 nitrogen and oxygen atoms in total. The van der Waals surface area contributed by atoms with Gasteiger partial charge in [-0.15, -0.1) is 0 Å². The molecule has 1 aromatic carbocycles. The Morgan fingerprint density at radius 2 is 1.21 bits per heavy atom. The van der Waals surface area contributed by atoms with Gasteiger partial charge in [-0.3, -0.25) is 0 Å². The van der Waals surface area contributed by atoms with Crippen molar-refractivity contribution in [3.05, 3.63) is 59.4 Å². The smallest absolute Gasteiger partial charge is 0.173 e.